The summed E-state index contributed by atoms with van der Waals surface area (Å²) in [7, 11) is 0. The van der Waals surface area contributed by atoms with Crippen LogP contribution in [0.2, 0.25) is 0 Å². The number of hydrogen-bond donors (Lipinski definition) is 3. The number of carboxylic acid groups (broad SMARTS) is 1. The molecule has 0 aromatic rings. The van der Waals surface area contributed by atoms with Crippen LogP contribution in [0.15, 0.2) is 0 Å². The Kier molecular flexibility index (Phi) is 5.44. The van der Waals surface area contributed by atoms with Crippen molar-refractivity contribution in [3.05, 3.63) is 0 Å². The molecule has 2 unspecified atom stereocenters. The van der Waals surface area contributed by atoms with Crippen molar-refractivity contribution in [3.63, 3.8) is 0 Å². The van der Waals surface area contributed by atoms with E-state index in [-0.39, 0.29) is 18.0 Å². The summed E-state index contributed by atoms with van der Waals surface area (Å²) in [6.07, 6.45) is 3.54. The van der Waals surface area contributed by atoms with Crippen LogP contribution < -0.4 is 10.6 Å². The van der Waals surface area contributed by atoms with Crippen molar-refractivity contribution < 1.29 is 14.7 Å². The Morgan fingerprint density at radius 3 is 2.44 bits per heavy atom. The van der Waals surface area contributed by atoms with Crippen LogP contribution in [0, 0.1) is 11.8 Å². The Balaban J connectivity index is 2.39. The molecule has 0 saturated heterocycles. The fraction of sp³-hybridized carbons (Fsp3) is 0.846. The molecule has 5 heteroatoms. The Bertz CT molecular complexity index is 305. The normalized spacial score (nSPS) is 24.9. The predicted molar refractivity (Wildman–Crippen MR) is 69.3 cm³/mol. The molecule has 0 aromatic heterocycles. The second-order valence-electron chi connectivity index (χ2n) is 5.75. The largest absolute Gasteiger partial charge is 0.480 e. The van der Waals surface area contributed by atoms with Crippen molar-refractivity contribution in [2.75, 3.05) is 0 Å². The van der Waals surface area contributed by atoms with Gasteiger partial charge in [-0.3, -0.25) is 0 Å². The van der Waals surface area contributed by atoms with Gasteiger partial charge in [0.05, 0.1) is 0 Å². The number of carbonyl (C=O) groups is 2. The summed E-state index contributed by atoms with van der Waals surface area (Å²) in [6.45, 7) is 6.04. The summed E-state index contributed by atoms with van der Waals surface area (Å²) in [5, 5.41) is 14.4. The lowest BCUT2D eigenvalue weighted by Crippen LogP contribution is -2.49. The smallest absolute Gasteiger partial charge is 0.326 e. The van der Waals surface area contributed by atoms with E-state index in [1.807, 2.05) is 13.8 Å². The summed E-state index contributed by atoms with van der Waals surface area (Å²) in [5.74, 6) is -0.0993. The molecule has 3 N–H and O–H groups in total. The molecule has 0 aliphatic heterocycles. The zero-order valence-corrected chi connectivity index (χ0v) is 11.4. The molecular weight excluding hydrogens is 232 g/mol. The predicted octanol–water partition coefficient (Wildman–Crippen LogP) is 1.97. The molecule has 3 atom stereocenters. The van der Waals surface area contributed by atoms with Crippen LogP contribution in [0.3, 0.4) is 0 Å². The molecule has 1 saturated carbocycles. The topological polar surface area (TPSA) is 78.4 Å². The molecule has 0 spiro atoms. The number of urea groups is 1. The lowest BCUT2D eigenvalue weighted by atomic mass is 10.0. The highest BCUT2D eigenvalue weighted by Gasteiger charge is 2.25. The first-order valence-electron chi connectivity index (χ1n) is 6.68. The van der Waals surface area contributed by atoms with E-state index in [0.29, 0.717) is 12.3 Å². The van der Waals surface area contributed by atoms with E-state index in [1.54, 1.807) is 0 Å². The summed E-state index contributed by atoms with van der Waals surface area (Å²) in [5.41, 5.74) is 0. The molecule has 0 aromatic carbocycles. The molecule has 1 fully saturated rings. The standard InChI is InChI=1S/C13H24N2O3/c1-8(2)6-11(12(16)17)15-13(18)14-10-5-4-9(3)7-10/h8-11H,4-7H2,1-3H3,(H,16,17)(H2,14,15,18)/t9?,10?,11-/m0/s1. The Hall–Kier alpha value is -1.26. The minimum atomic E-state index is -0.973. The molecule has 1 aliphatic rings. The van der Waals surface area contributed by atoms with Crippen LogP contribution >= 0.6 is 0 Å². The van der Waals surface area contributed by atoms with E-state index in [4.69, 9.17) is 5.11 Å². The minimum Gasteiger partial charge on any atom is -0.480 e. The monoisotopic (exact) mass is 256 g/mol. The molecule has 2 amide bonds. The third-order valence-corrected chi connectivity index (χ3v) is 3.34. The number of carboxylic acids is 1. The van der Waals surface area contributed by atoms with Crippen LogP contribution in [0.4, 0.5) is 4.79 Å². The average molecular weight is 256 g/mol. The Labute approximate surface area is 108 Å². The van der Waals surface area contributed by atoms with Gasteiger partial charge in [0.15, 0.2) is 0 Å². The van der Waals surface area contributed by atoms with Gasteiger partial charge in [0.25, 0.3) is 0 Å². The van der Waals surface area contributed by atoms with Crippen LogP contribution in [0.1, 0.15) is 46.5 Å². The van der Waals surface area contributed by atoms with Gasteiger partial charge in [-0.2, -0.15) is 0 Å². The molecule has 1 aliphatic carbocycles. The average Bonchev–Trinajstić information content (AvgIpc) is 2.62. The third kappa shape index (κ3) is 4.94. The van der Waals surface area contributed by atoms with Crippen molar-refractivity contribution >= 4 is 12.0 Å². The summed E-state index contributed by atoms with van der Waals surface area (Å²) < 4.78 is 0. The highest BCUT2D eigenvalue weighted by molar-refractivity contribution is 5.82. The summed E-state index contributed by atoms with van der Waals surface area (Å²) >= 11 is 0. The van der Waals surface area contributed by atoms with E-state index >= 15 is 0 Å². The van der Waals surface area contributed by atoms with Gasteiger partial charge in [-0.05, 0) is 37.5 Å². The van der Waals surface area contributed by atoms with Crippen molar-refractivity contribution in [1.82, 2.24) is 10.6 Å². The van der Waals surface area contributed by atoms with E-state index in [1.165, 1.54) is 0 Å². The first-order valence-corrected chi connectivity index (χ1v) is 6.68. The lowest BCUT2D eigenvalue weighted by molar-refractivity contribution is -0.139. The number of amides is 2. The maximum atomic E-state index is 11.7. The van der Waals surface area contributed by atoms with Gasteiger partial charge in [-0.25, -0.2) is 9.59 Å². The number of rotatable bonds is 5. The molecule has 5 nitrogen and oxygen atoms in total. The third-order valence-electron chi connectivity index (χ3n) is 3.34. The van der Waals surface area contributed by atoms with E-state index in [0.717, 1.165) is 19.3 Å². The first-order chi connectivity index (χ1) is 8.38. The molecule has 0 bridgehead atoms. The van der Waals surface area contributed by atoms with Crippen LogP contribution in [0.5, 0.6) is 0 Å². The van der Waals surface area contributed by atoms with Crippen molar-refractivity contribution in [2.45, 2.75) is 58.5 Å². The Morgan fingerprint density at radius 1 is 1.33 bits per heavy atom. The minimum absolute atomic E-state index is 0.188. The second-order valence-corrected chi connectivity index (χ2v) is 5.75. The maximum Gasteiger partial charge on any atom is 0.326 e. The zero-order chi connectivity index (χ0) is 13.7. The van der Waals surface area contributed by atoms with Crippen LogP contribution in [-0.2, 0) is 4.79 Å². The fourth-order valence-electron chi connectivity index (χ4n) is 2.42. The summed E-state index contributed by atoms with van der Waals surface area (Å²) in [6, 6.07) is -0.973. The van der Waals surface area contributed by atoms with Crippen LogP contribution in [0.25, 0.3) is 0 Å². The van der Waals surface area contributed by atoms with E-state index in [9.17, 15) is 9.59 Å². The van der Waals surface area contributed by atoms with Gasteiger partial charge in [0, 0.05) is 6.04 Å². The highest BCUT2D eigenvalue weighted by atomic mass is 16.4. The van der Waals surface area contributed by atoms with Gasteiger partial charge < -0.3 is 15.7 Å². The summed E-state index contributed by atoms with van der Waals surface area (Å²) in [4.78, 5) is 22.7. The molecule has 18 heavy (non-hydrogen) atoms. The van der Waals surface area contributed by atoms with E-state index < -0.39 is 12.0 Å². The first kappa shape index (κ1) is 14.8. The van der Waals surface area contributed by atoms with Crippen molar-refractivity contribution in [1.29, 1.82) is 0 Å². The van der Waals surface area contributed by atoms with E-state index in [2.05, 4.69) is 17.6 Å². The van der Waals surface area contributed by atoms with Gasteiger partial charge in [0.2, 0.25) is 0 Å². The maximum absolute atomic E-state index is 11.7. The van der Waals surface area contributed by atoms with Gasteiger partial charge in [-0.15, -0.1) is 0 Å². The van der Waals surface area contributed by atoms with Crippen LogP contribution in [-0.4, -0.2) is 29.2 Å². The Morgan fingerprint density at radius 2 is 2.00 bits per heavy atom. The van der Waals surface area contributed by atoms with Gasteiger partial charge >= 0.3 is 12.0 Å². The quantitative estimate of drug-likeness (QED) is 0.703. The lowest BCUT2D eigenvalue weighted by Gasteiger charge is -2.19. The molecule has 1 rings (SSSR count). The molecule has 104 valence electrons. The van der Waals surface area contributed by atoms with Gasteiger partial charge in [0.1, 0.15) is 6.04 Å². The van der Waals surface area contributed by atoms with Crippen molar-refractivity contribution in [2.24, 2.45) is 11.8 Å². The molecular formula is C13H24N2O3. The van der Waals surface area contributed by atoms with Crippen molar-refractivity contribution in [3.8, 4) is 0 Å². The van der Waals surface area contributed by atoms with Gasteiger partial charge in [-0.1, -0.05) is 20.8 Å². The second kappa shape index (κ2) is 6.61. The zero-order valence-electron chi connectivity index (χ0n) is 11.4. The number of hydrogen-bond acceptors (Lipinski definition) is 2. The highest BCUT2D eigenvalue weighted by Crippen LogP contribution is 2.24. The number of aliphatic carboxylic acids is 1. The molecule has 0 heterocycles. The molecule has 0 radical (unpaired) electrons. The number of carbonyl (C=O) groups excluding carboxylic acids is 1. The number of nitrogens with one attached hydrogen (secondary N) is 2. The SMILES string of the molecule is CC(C)C[C@H](NC(=O)NC1CCC(C)C1)C(=O)O. The fourth-order valence-corrected chi connectivity index (χ4v) is 2.42.